The number of hydrogen-bond acceptors (Lipinski definition) is 3. The van der Waals surface area contributed by atoms with Crippen LogP contribution in [-0.4, -0.2) is 18.5 Å². The summed E-state index contributed by atoms with van der Waals surface area (Å²) >= 11 is 3.32. The van der Waals surface area contributed by atoms with Gasteiger partial charge in [0.05, 0.1) is 5.69 Å². The summed E-state index contributed by atoms with van der Waals surface area (Å²) in [6.07, 6.45) is 2.51. The van der Waals surface area contributed by atoms with E-state index in [1.165, 1.54) is 0 Å². The molecule has 102 valence electrons. The molecule has 0 saturated carbocycles. The van der Waals surface area contributed by atoms with Crippen molar-refractivity contribution in [3.05, 3.63) is 40.4 Å². The summed E-state index contributed by atoms with van der Waals surface area (Å²) in [5.74, 6) is -0.839. The number of amides is 1. The summed E-state index contributed by atoms with van der Waals surface area (Å²) in [4.78, 5) is 23.1. The summed E-state index contributed by atoms with van der Waals surface area (Å²) in [5.41, 5.74) is 1.15. The van der Waals surface area contributed by atoms with Crippen LogP contribution in [0.3, 0.4) is 0 Å². The molecule has 0 fully saturated rings. The zero-order chi connectivity index (χ0) is 14.3. The van der Waals surface area contributed by atoms with Crippen LogP contribution in [0.4, 0.5) is 5.69 Å². The number of benzene rings is 1. The van der Waals surface area contributed by atoms with Gasteiger partial charge in [0.15, 0.2) is 6.61 Å². The predicted octanol–water partition coefficient (Wildman–Crippen LogP) is 3.29. The van der Waals surface area contributed by atoms with Crippen LogP contribution in [0.1, 0.15) is 20.3 Å². The second-order valence-corrected chi connectivity index (χ2v) is 4.75. The molecule has 19 heavy (non-hydrogen) atoms. The summed E-state index contributed by atoms with van der Waals surface area (Å²) in [7, 11) is 0. The van der Waals surface area contributed by atoms with E-state index in [0.29, 0.717) is 11.3 Å². The molecule has 0 aliphatic heterocycles. The van der Waals surface area contributed by atoms with Crippen LogP contribution in [0.15, 0.2) is 40.4 Å². The van der Waals surface area contributed by atoms with Crippen LogP contribution in [-0.2, 0) is 14.3 Å². The Kier molecular flexibility index (Phi) is 6.29. The number of anilines is 1. The lowest BCUT2D eigenvalue weighted by Crippen LogP contribution is -2.21. The highest BCUT2D eigenvalue weighted by atomic mass is 79.9. The van der Waals surface area contributed by atoms with Crippen molar-refractivity contribution >= 4 is 33.5 Å². The van der Waals surface area contributed by atoms with Crippen molar-refractivity contribution in [2.24, 2.45) is 0 Å². The molecular weight excluding hydrogens is 310 g/mol. The van der Waals surface area contributed by atoms with E-state index in [1.807, 2.05) is 19.1 Å². The van der Waals surface area contributed by atoms with Gasteiger partial charge in [-0.1, -0.05) is 25.1 Å². The molecule has 0 aliphatic carbocycles. The molecule has 0 saturated heterocycles. The molecular formula is C14H16BrNO3. The Labute approximate surface area is 121 Å². The molecule has 5 heteroatoms. The molecule has 0 aromatic heterocycles. The average Bonchev–Trinajstić information content (AvgIpc) is 2.39. The Morgan fingerprint density at radius 1 is 1.37 bits per heavy atom. The van der Waals surface area contributed by atoms with E-state index in [-0.39, 0.29) is 12.5 Å². The largest absolute Gasteiger partial charge is 0.452 e. The first-order valence-corrected chi connectivity index (χ1v) is 6.72. The lowest BCUT2D eigenvalue weighted by Gasteiger charge is -2.08. The van der Waals surface area contributed by atoms with Gasteiger partial charge in [-0.2, -0.15) is 0 Å². The zero-order valence-corrected chi connectivity index (χ0v) is 12.5. The van der Waals surface area contributed by atoms with Crippen molar-refractivity contribution in [2.45, 2.75) is 20.3 Å². The van der Waals surface area contributed by atoms with Crippen molar-refractivity contribution < 1.29 is 14.3 Å². The highest BCUT2D eigenvalue weighted by Crippen LogP contribution is 2.20. The van der Waals surface area contributed by atoms with Crippen LogP contribution >= 0.6 is 15.9 Å². The Morgan fingerprint density at radius 2 is 2.05 bits per heavy atom. The van der Waals surface area contributed by atoms with Crippen LogP contribution in [0.5, 0.6) is 0 Å². The van der Waals surface area contributed by atoms with Crippen molar-refractivity contribution in [1.82, 2.24) is 0 Å². The first-order valence-electron chi connectivity index (χ1n) is 5.92. The molecule has 0 spiro atoms. The first-order chi connectivity index (χ1) is 9.04. The van der Waals surface area contributed by atoms with E-state index < -0.39 is 5.97 Å². The Morgan fingerprint density at radius 3 is 2.68 bits per heavy atom. The van der Waals surface area contributed by atoms with Gasteiger partial charge in [-0.05, 0) is 41.4 Å². The predicted molar refractivity (Wildman–Crippen MR) is 77.8 cm³/mol. The average molecular weight is 326 g/mol. The molecule has 1 rings (SSSR count). The van der Waals surface area contributed by atoms with Gasteiger partial charge in [-0.15, -0.1) is 0 Å². The van der Waals surface area contributed by atoms with E-state index >= 15 is 0 Å². The van der Waals surface area contributed by atoms with Crippen LogP contribution in [0, 0.1) is 0 Å². The molecule has 1 amide bonds. The lowest BCUT2D eigenvalue weighted by molar-refractivity contribution is -0.143. The van der Waals surface area contributed by atoms with Gasteiger partial charge in [0.1, 0.15) is 0 Å². The number of esters is 1. The Bertz CT molecular complexity index is 497. The summed E-state index contributed by atoms with van der Waals surface area (Å²) in [6, 6.07) is 7.22. The minimum Gasteiger partial charge on any atom is -0.452 e. The maximum absolute atomic E-state index is 11.6. The molecule has 1 aromatic rings. The molecule has 0 heterocycles. The molecule has 1 N–H and O–H groups in total. The quantitative estimate of drug-likeness (QED) is 0.667. The van der Waals surface area contributed by atoms with Gasteiger partial charge in [0.25, 0.3) is 5.91 Å². The van der Waals surface area contributed by atoms with Crippen molar-refractivity contribution in [2.75, 3.05) is 11.9 Å². The SMILES string of the molecule is CCC=C(C)C(=O)OCC(=O)Nc1ccccc1Br. The molecule has 4 nitrogen and oxygen atoms in total. The zero-order valence-electron chi connectivity index (χ0n) is 10.9. The van der Waals surface area contributed by atoms with Crippen LogP contribution in [0.25, 0.3) is 0 Å². The topological polar surface area (TPSA) is 55.4 Å². The number of para-hydroxylation sites is 1. The number of carbonyl (C=O) groups is 2. The third-order valence-corrected chi connectivity index (χ3v) is 3.01. The van der Waals surface area contributed by atoms with Crippen molar-refractivity contribution in [3.8, 4) is 0 Å². The fraction of sp³-hybridized carbons (Fsp3) is 0.286. The second-order valence-electron chi connectivity index (χ2n) is 3.90. The van der Waals surface area contributed by atoms with E-state index in [1.54, 1.807) is 25.1 Å². The van der Waals surface area contributed by atoms with E-state index in [4.69, 9.17) is 4.74 Å². The summed E-state index contributed by atoms with van der Waals surface area (Å²) in [5, 5.41) is 2.65. The standard InChI is InChI=1S/C14H16BrNO3/c1-3-6-10(2)14(18)19-9-13(17)16-12-8-5-4-7-11(12)15/h4-8H,3,9H2,1-2H3,(H,16,17). The highest BCUT2D eigenvalue weighted by Gasteiger charge is 2.10. The molecule has 1 aromatic carbocycles. The van der Waals surface area contributed by atoms with Gasteiger partial charge >= 0.3 is 5.97 Å². The number of ether oxygens (including phenoxy) is 1. The maximum atomic E-state index is 11.6. The fourth-order valence-corrected chi connectivity index (χ4v) is 1.77. The van der Waals surface area contributed by atoms with E-state index in [9.17, 15) is 9.59 Å². The maximum Gasteiger partial charge on any atom is 0.333 e. The number of allylic oxidation sites excluding steroid dienone is 1. The minimum absolute atomic E-state index is 0.297. The lowest BCUT2D eigenvalue weighted by atomic mass is 10.2. The smallest absolute Gasteiger partial charge is 0.333 e. The minimum atomic E-state index is -0.468. The first kappa shape index (κ1) is 15.4. The van der Waals surface area contributed by atoms with E-state index in [0.717, 1.165) is 10.9 Å². The fourth-order valence-electron chi connectivity index (χ4n) is 1.38. The van der Waals surface area contributed by atoms with Gasteiger partial charge < -0.3 is 10.1 Å². The third-order valence-electron chi connectivity index (χ3n) is 2.31. The monoisotopic (exact) mass is 325 g/mol. The van der Waals surface area contributed by atoms with Crippen LogP contribution in [0.2, 0.25) is 0 Å². The highest BCUT2D eigenvalue weighted by molar-refractivity contribution is 9.10. The van der Waals surface area contributed by atoms with Gasteiger partial charge in [0, 0.05) is 10.0 Å². The molecule has 0 bridgehead atoms. The van der Waals surface area contributed by atoms with Gasteiger partial charge in [-0.25, -0.2) is 4.79 Å². The Hall–Kier alpha value is -1.62. The van der Waals surface area contributed by atoms with Crippen molar-refractivity contribution in [3.63, 3.8) is 0 Å². The summed E-state index contributed by atoms with van der Waals surface area (Å²) < 4.78 is 5.67. The second kappa shape index (κ2) is 7.74. The molecule has 0 atom stereocenters. The summed E-state index contributed by atoms with van der Waals surface area (Å²) in [6.45, 7) is 3.29. The third kappa shape index (κ3) is 5.26. The van der Waals surface area contributed by atoms with Gasteiger partial charge in [-0.3, -0.25) is 4.79 Å². The number of carbonyl (C=O) groups excluding carboxylic acids is 2. The van der Waals surface area contributed by atoms with Gasteiger partial charge in [0.2, 0.25) is 0 Å². The van der Waals surface area contributed by atoms with Crippen LogP contribution < -0.4 is 5.32 Å². The number of rotatable bonds is 5. The van der Waals surface area contributed by atoms with Crippen molar-refractivity contribution in [1.29, 1.82) is 0 Å². The number of nitrogens with one attached hydrogen (secondary N) is 1. The molecule has 0 aliphatic rings. The van der Waals surface area contributed by atoms with E-state index in [2.05, 4.69) is 21.2 Å². The Balaban J connectivity index is 2.47. The molecule has 0 radical (unpaired) electrons. The molecule has 0 unspecified atom stereocenters. The number of hydrogen-bond donors (Lipinski definition) is 1. The number of halogens is 1. The normalized spacial score (nSPS) is 11.0.